The first-order chi connectivity index (χ1) is 13.1. The van der Waals surface area contributed by atoms with E-state index in [9.17, 15) is 9.50 Å². The number of halogens is 1. The number of H-pyrrole nitrogens is 1. The van der Waals surface area contributed by atoms with Gasteiger partial charge in [0.25, 0.3) is 0 Å². The van der Waals surface area contributed by atoms with E-state index in [0.29, 0.717) is 17.9 Å². The lowest BCUT2D eigenvalue weighted by Crippen LogP contribution is -2.36. The summed E-state index contributed by atoms with van der Waals surface area (Å²) in [7, 11) is 1.52. The molecule has 2 N–H and O–H groups in total. The Bertz CT molecular complexity index is 970. The van der Waals surface area contributed by atoms with Crippen LogP contribution in [0.4, 0.5) is 4.39 Å². The summed E-state index contributed by atoms with van der Waals surface area (Å²) in [5.41, 5.74) is 4.31. The zero-order valence-electron chi connectivity index (χ0n) is 15.4. The molecule has 2 heterocycles. The topological polar surface area (TPSA) is 61.4 Å². The minimum atomic E-state index is -0.328. The van der Waals surface area contributed by atoms with Crippen molar-refractivity contribution in [3.05, 3.63) is 76.6 Å². The zero-order valence-corrected chi connectivity index (χ0v) is 15.4. The van der Waals surface area contributed by atoms with Crippen molar-refractivity contribution in [2.24, 2.45) is 0 Å². The summed E-state index contributed by atoms with van der Waals surface area (Å²) in [5.74, 6) is 0.410. The number of fused-ring (bicyclic) bond motifs is 1. The van der Waals surface area contributed by atoms with E-state index in [0.717, 1.165) is 35.5 Å². The van der Waals surface area contributed by atoms with Crippen LogP contribution in [-0.2, 0) is 13.0 Å². The van der Waals surface area contributed by atoms with Crippen LogP contribution < -0.4 is 4.74 Å². The van der Waals surface area contributed by atoms with Gasteiger partial charge < -0.3 is 14.8 Å². The minimum Gasteiger partial charge on any atom is -0.508 e. The van der Waals surface area contributed by atoms with Crippen LogP contribution in [0.25, 0.3) is 0 Å². The van der Waals surface area contributed by atoms with Crippen LogP contribution >= 0.6 is 0 Å². The lowest BCUT2D eigenvalue weighted by molar-refractivity contribution is 0.194. The number of hydrogen-bond acceptors (Lipinski definition) is 4. The van der Waals surface area contributed by atoms with E-state index in [1.807, 2.05) is 19.1 Å². The largest absolute Gasteiger partial charge is 0.508 e. The fourth-order valence-electron chi connectivity index (χ4n) is 3.76. The van der Waals surface area contributed by atoms with Gasteiger partial charge in [0.2, 0.25) is 0 Å². The van der Waals surface area contributed by atoms with Crippen molar-refractivity contribution in [2.75, 3.05) is 13.7 Å². The Hall–Kier alpha value is -2.86. The lowest BCUT2D eigenvalue weighted by Gasteiger charge is -2.35. The van der Waals surface area contributed by atoms with Crippen LogP contribution in [0.2, 0.25) is 0 Å². The van der Waals surface area contributed by atoms with E-state index >= 15 is 0 Å². The number of imidazole rings is 1. The Morgan fingerprint density at radius 2 is 2.15 bits per heavy atom. The SMILES string of the molecule is COc1ccc([C@@H]2c3nc[nH]c3CCN2Cc2cc(C)ccc2O)c(F)c1. The molecular formula is C21H22FN3O2. The fraction of sp³-hybridized carbons (Fsp3) is 0.286. The maximum Gasteiger partial charge on any atom is 0.132 e. The van der Waals surface area contributed by atoms with Gasteiger partial charge in [-0.1, -0.05) is 23.8 Å². The Labute approximate surface area is 157 Å². The molecule has 4 rings (SSSR count). The van der Waals surface area contributed by atoms with Gasteiger partial charge in [0.1, 0.15) is 17.3 Å². The van der Waals surface area contributed by atoms with Gasteiger partial charge in [0, 0.05) is 42.4 Å². The molecule has 0 spiro atoms. The highest BCUT2D eigenvalue weighted by Crippen LogP contribution is 2.37. The van der Waals surface area contributed by atoms with Gasteiger partial charge in [0.05, 0.1) is 25.2 Å². The lowest BCUT2D eigenvalue weighted by atomic mass is 9.94. The molecule has 1 aromatic heterocycles. The van der Waals surface area contributed by atoms with Crippen LogP contribution in [-0.4, -0.2) is 33.6 Å². The van der Waals surface area contributed by atoms with Gasteiger partial charge in [-0.05, 0) is 19.1 Å². The Kier molecular flexibility index (Phi) is 4.58. The first-order valence-corrected chi connectivity index (χ1v) is 8.95. The Balaban J connectivity index is 1.75. The van der Waals surface area contributed by atoms with Gasteiger partial charge in [-0.2, -0.15) is 0 Å². The molecule has 0 radical (unpaired) electrons. The molecule has 0 unspecified atom stereocenters. The zero-order chi connectivity index (χ0) is 19.0. The van der Waals surface area contributed by atoms with E-state index in [-0.39, 0.29) is 17.6 Å². The Morgan fingerprint density at radius 3 is 2.93 bits per heavy atom. The van der Waals surface area contributed by atoms with Crippen molar-refractivity contribution in [1.82, 2.24) is 14.9 Å². The number of nitrogens with one attached hydrogen (secondary N) is 1. The molecule has 0 aliphatic carbocycles. The van der Waals surface area contributed by atoms with Crippen molar-refractivity contribution in [3.63, 3.8) is 0 Å². The molecule has 27 heavy (non-hydrogen) atoms. The Morgan fingerprint density at radius 1 is 1.30 bits per heavy atom. The number of hydrogen-bond donors (Lipinski definition) is 2. The van der Waals surface area contributed by atoms with Crippen molar-refractivity contribution >= 4 is 0 Å². The van der Waals surface area contributed by atoms with Crippen LogP contribution in [0.5, 0.6) is 11.5 Å². The molecule has 6 heteroatoms. The minimum absolute atomic E-state index is 0.252. The van der Waals surface area contributed by atoms with E-state index in [1.165, 1.54) is 13.2 Å². The summed E-state index contributed by atoms with van der Waals surface area (Å²) >= 11 is 0. The number of ether oxygens (including phenoxy) is 1. The van der Waals surface area contributed by atoms with Crippen LogP contribution in [0.15, 0.2) is 42.7 Å². The summed E-state index contributed by atoms with van der Waals surface area (Å²) in [4.78, 5) is 9.80. The summed E-state index contributed by atoms with van der Waals surface area (Å²) < 4.78 is 20.0. The molecule has 0 amide bonds. The standard InChI is InChI=1S/C21H22FN3O2/c1-13-3-6-19(26)14(9-13)11-25-8-7-18-20(24-12-23-18)21(25)16-5-4-15(27-2)10-17(16)22/h3-6,9-10,12,21,26H,7-8,11H2,1-2H3,(H,23,24)/t21-/m1/s1. The smallest absolute Gasteiger partial charge is 0.132 e. The van der Waals surface area contributed by atoms with Gasteiger partial charge in [0.15, 0.2) is 0 Å². The average Bonchev–Trinajstić information content (AvgIpc) is 3.13. The van der Waals surface area contributed by atoms with Crippen molar-refractivity contribution in [3.8, 4) is 11.5 Å². The summed E-state index contributed by atoms with van der Waals surface area (Å²) in [6, 6.07) is 10.1. The number of phenols is 1. The second-order valence-electron chi connectivity index (χ2n) is 6.91. The first kappa shape index (κ1) is 17.5. The summed E-state index contributed by atoms with van der Waals surface area (Å²) in [5, 5.41) is 10.3. The van der Waals surface area contributed by atoms with E-state index in [2.05, 4.69) is 14.9 Å². The monoisotopic (exact) mass is 367 g/mol. The molecule has 3 aromatic rings. The molecule has 1 aliphatic heterocycles. The predicted molar refractivity (Wildman–Crippen MR) is 100 cm³/mol. The number of aromatic hydroxyl groups is 1. The number of benzene rings is 2. The van der Waals surface area contributed by atoms with Crippen molar-refractivity contribution in [1.29, 1.82) is 0 Å². The van der Waals surface area contributed by atoms with Gasteiger partial charge in [-0.15, -0.1) is 0 Å². The third kappa shape index (κ3) is 3.28. The number of aromatic nitrogens is 2. The molecule has 0 saturated heterocycles. The summed E-state index contributed by atoms with van der Waals surface area (Å²) in [6.07, 6.45) is 2.46. The molecule has 1 aliphatic rings. The normalized spacial score (nSPS) is 16.9. The quantitative estimate of drug-likeness (QED) is 0.738. The summed E-state index contributed by atoms with van der Waals surface area (Å²) in [6.45, 7) is 3.24. The number of methoxy groups -OCH3 is 1. The maximum atomic E-state index is 14.9. The van der Waals surface area contributed by atoms with Crippen LogP contribution in [0, 0.1) is 12.7 Å². The number of rotatable bonds is 4. The third-order valence-corrected chi connectivity index (χ3v) is 5.14. The molecule has 5 nitrogen and oxygen atoms in total. The highest BCUT2D eigenvalue weighted by Gasteiger charge is 2.33. The van der Waals surface area contributed by atoms with Gasteiger partial charge in [-0.3, -0.25) is 4.90 Å². The predicted octanol–water partition coefficient (Wildman–Crippen LogP) is 3.72. The fourth-order valence-corrected chi connectivity index (χ4v) is 3.76. The third-order valence-electron chi connectivity index (χ3n) is 5.14. The van der Waals surface area contributed by atoms with Gasteiger partial charge in [-0.25, -0.2) is 9.37 Å². The number of aromatic amines is 1. The number of aryl methyl sites for hydroxylation is 1. The molecule has 2 aromatic carbocycles. The highest BCUT2D eigenvalue weighted by atomic mass is 19.1. The molecular weight excluding hydrogens is 345 g/mol. The van der Waals surface area contributed by atoms with E-state index < -0.39 is 0 Å². The molecule has 0 fully saturated rings. The molecule has 0 saturated carbocycles. The second-order valence-corrected chi connectivity index (χ2v) is 6.91. The highest BCUT2D eigenvalue weighted by molar-refractivity contribution is 5.39. The van der Waals surface area contributed by atoms with Crippen LogP contribution in [0.1, 0.15) is 34.1 Å². The number of phenolic OH excluding ortho intramolecular Hbond substituents is 1. The van der Waals surface area contributed by atoms with Crippen molar-refractivity contribution in [2.45, 2.75) is 25.9 Å². The van der Waals surface area contributed by atoms with E-state index in [1.54, 1.807) is 24.5 Å². The van der Waals surface area contributed by atoms with Gasteiger partial charge >= 0.3 is 0 Å². The first-order valence-electron chi connectivity index (χ1n) is 8.95. The maximum absolute atomic E-state index is 14.9. The molecule has 0 bridgehead atoms. The average molecular weight is 367 g/mol. The molecule has 140 valence electrons. The second kappa shape index (κ2) is 7.04. The van der Waals surface area contributed by atoms with E-state index in [4.69, 9.17) is 4.74 Å². The number of nitrogens with zero attached hydrogens (tertiary/aromatic N) is 2. The van der Waals surface area contributed by atoms with Crippen LogP contribution in [0.3, 0.4) is 0 Å². The van der Waals surface area contributed by atoms with Crippen molar-refractivity contribution < 1.29 is 14.2 Å². The molecule has 1 atom stereocenters.